The van der Waals surface area contributed by atoms with E-state index in [9.17, 15) is 9.59 Å². The molecule has 0 aromatic heterocycles. The van der Waals surface area contributed by atoms with Crippen LogP contribution < -0.4 is 20.7 Å². The van der Waals surface area contributed by atoms with Crippen molar-refractivity contribution in [2.75, 3.05) is 25.6 Å². The van der Waals surface area contributed by atoms with Gasteiger partial charge >= 0.3 is 0 Å². The number of anilines is 1. The van der Waals surface area contributed by atoms with Crippen LogP contribution in [-0.2, 0) is 9.59 Å². The molecule has 3 N–H and O–H groups in total. The minimum atomic E-state index is -0.540. The van der Waals surface area contributed by atoms with Gasteiger partial charge in [0.15, 0.2) is 0 Å². The highest BCUT2D eigenvalue weighted by Gasteiger charge is 2.37. The molecule has 0 saturated carbocycles. The third-order valence-electron chi connectivity index (χ3n) is 2.95. The van der Waals surface area contributed by atoms with Gasteiger partial charge in [0, 0.05) is 11.3 Å². The Kier molecular flexibility index (Phi) is 3.20. The summed E-state index contributed by atoms with van der Waals surface area (Å²) in [5.74, 6) is -0.0517. The molecule has 1 aromatic carbocycles. The molecule has 0 bridgehead atoms. The number of nitrogens with zero attached hydrogens (tertiary/aromatic N) is 1. The third kappa shape index (κ3) is 1.91. The first-order chi connectivity index (χ1) is 8.58. The van der Waals surface area contributed by atoms with Crippen LogP contribution >= 0.6 is 0 Å². The van der Waals surface area contributed by atoms with Gasteiger partial charge in [0.05, 0.1) is 7.11 Å². The van der Waals surface area contributed by atoms with Crippen LogP contribution in [0, 0.1) is 0 Å². The van der Waals surface area contributed by atoms with E-state index >= 15 is 0 Å². The number of methoxy groups -OCH3 is 1. The summed E-state index contributed by atoms with van der Waals surface area (Å²) >= 11 is 0. The molecule has 18 heavy (non-hydrogen) atoms. The van der Waals surface area contributed by atoms with Gasteiger partial charge in [-0.1, -0.05) is 0 Å². The summed E-state index contributed by atoms with van der Waals surface area (Å²) < 4.78 is 5.13. The van der Waals surface area contributed by atoms with E-state index in [1.54, 1.807) is 32.4 Å². The maximum Gasteiger partial charge on any atom is 0.249 e. The van der Waals surface area contributed by atoms with Crippen LogP contribution in [0.5, 0.6) is 5.75 Å². The number of carbonyl (C=O) groups is 2. The summed E-state index contributed by atoms with van der Waals surface area (Å²) in [6.07, 6.45) is 0. The number of fused-ring (bicyclic) bond motifs is 1. The van der Waals surface area contributed by atoms with E-state index in [1.807, 2.05) is 0 Å². The van der Waals surface area contributed by atoms with E-state index in [0.29, 0.717) is 11.4 Å². The van der Waals surface area contributed by atoms with Gasteiger partial charge < -0.3 is 20.7 Å². The monoisotopic (exact) mass is 249 g/mol. The van der Waals surface area contributed by atoms with Gasteiger partial charge in [0.2, 0.25) is 11.8 Å². The molecule has 0 radical (unpaired) electrons. The molecule has 0 fully saturated rings. The van der Waals surface area contributed by atoms with E-state index in [4.69, 9.17) is 10.5 Å². The van der Waals surface area contributed by atoms with Gasteiger partial charge in [-0.05, 0) is 25.2 Å². The summed E-state index contributed by atoms with van der Waals surface area (Å²) in [5.41, 5.74) is 6.64. The summed E-state index contributed by atoms with van der Waals surface area (Å²) in [5, 5.41) is 2.93. The number of carbonyl (C=O) groups excluding carboxylic acids is 2. The number of hydrogen-bond acceptors (Lipinski definition) is 4. The highest BCUT2D eigenvalue weighted by atomic mass is 16.5. The van der Waals surface area contributed by atoms with Gasteiger partial charge in [-0.3, -0.25) is 9.59 Å². The molecule has 6 nitrogen and oxygen atoms in total. The van der Waals surface area contributed by atoms with Gasteiger partial charge in [-0.15, -0.1) is 0 Å². The Morgan fingerprint density at radius 3 is 2.83 bits per heavy atom. The minimum absolute atomic E-state index is 0.115. The number of nitrogens with one attached hydrogen (secondary N) is 1. The smallest absolute Gasteiger partial charge is 0.249 e. The van der Waals surface area contributed by atoms with Crippen molar-refractivity contribution in [2.45, 2.75) is 6.04 Å². The molecule has 1 unspecified atom stereocenters. The van der Waals surface area contributed by atoms with E-state index in [-0.39, 0.29) is 12.5 Å². The average molecular weight is 249 g/mol. The molecule has 1 aromatic rings. The number of ether oxygens (including phenoxy) is 1. The summed E-state index contributed by atoms with van der Waals surface area (Å²) in [4.78, 5) is 24.5. The predicted octanol–water partition coefficient (Wildman–Crippen LogP) is -0.212. The van der Waals surface area contributed by atoms with Crippen molar-refractivity contribution in [3.63, 3.8) is 0 Å². The fourth-order valence-corrected chi connectivity index (χ4v) is 2.14. The van der Waals surface area contributed by atoms with E-state index in [0.717, 1.165) is 5.56 Å². The van der Waals surface area contributed by atoms with Crippen molar-refractivity contribution in [3.8, 4) is 5.75 Å². The Balaban J connectivity index is 2.45. The lowest BCUT2D eigenvalue weighted by Gasteiger charge is -2.15. The molecule has 0 saturated heterocycles. The second kappa shape index (κ2) is 4.66. The lowest BCUT2D eigenvalue weighted by molar-refractivity contribution is -0.123. The topological polar surface area (TPSA) is 84.7 Å². The second-order valence-electron chi connectivity index (χ2n) is 4.04. The van der Waals surface area contributed by atoms with Crippen molar-refractivity contribution in [3.05, 3.63) is 23.8 Å². The molecular formula is C12H15N3O3. The van der Waals surface area contributed by atoms with Crippen LogP contribution in [0.15, 0.2) is 18.2 Å². The third-order valence-corrected chi connectivity index (χ3v) is 2.95. The Labute approximate surface area is 105 Å². The number of benzene rings is 1. The van der Waals surface area contributed by atoms with Crippen LogP contribution in [0.25, 0.3) is 0 Å². The molecular weight excluding hydrogens is 234 g/mol. The van der Waals surface area contributed by atoms with Crippen LogP contribution in [0.3, 0.4) is 0 Å². The number of amides is 2. The number of likely N-dealkylation sites (N-methyl/N-ethyl adjacent to an activating group) is 1. The second-order valence-corrected chi connectivity index (χ2v) is 4.04. The molecule has 1 atom stereocenters. The van der Waals surface area contributed by atoms with Crippen molar-refractivity contribution < 1.29 is 14.3 Å². The van der Waals surface area contributed by atoms with Gasteiger partial charge in [-0.2, -0.15) is 0 Å². The fourth-order valence-electron chi connectivity index (χ4n) is 2.14. The van der Waals surface area contributed by atoms with Gasteiger partial charge in [0.25, 0.3) is 0 Å². The number of nitrogens with two attached hydrogens (primary N) is 1. The number of rotatable bonds is 4. The first-order valence-corrected chi connectivity index (χ1v) is 5.53. The molecule has 1 aliphatic rings. The molecule has 0 aliphatic carbocycles. The van der Waals surface area contributed by atoms with E-state index in [1.165, 1.54) is 4.90 Å². The first-order valence-electron chi connectivity index (χ1n) is 5.53. The molecule has 6 heteroatoms. The van der Waals surface area contributed by atoms with Crippen LogP contribution in [0.1, 0.15) is 11.6 Å². The molecule has 1 heterocycles. The zero-order valence-electron chi connectivity index (χ0n) is 10.3. The predicted molar refractivity (Wildman–Crippen MR) is 66.3 cm³/mol. The Morgan fingerprint density at radius 2 is 2.28 bits per heavy atom. The lowest BCUT2D eigenvalue weighted by Crippen LogP contribution is -2.39. The van der Waals surface area contributed by atoms with E-state index < -0.39 is 11.9 Å². The maximum atomic E-state index is 12.1. The Bertz CT molecular complexity index is 501. The van der Waals surface area contributed by atoms with Crippen molar-refractivity contribution in [1.29, 1.82) is 0 Å². The van der Waals surface area contributed by atoms with Crippen LogP contribution in [-0.4, -0.2) is 32.5 Å². The largest absolute Gasteiger partial charge is 0.497 e. The normalized spacial score (nSPS) is 17.8. The molecule has 2 rings (SSSR count). The van der Waals surface area contributed by atoms with Gasteiger partial charge in [0.1, 0.15) is 18.3 Å². The summed E-state index contributed by atoms with van der Waals surface area (Å²) in [7, 11) is 3.26. The highest BCUT2D eigenvalue weighted by Crippen LogP contribution is 2.37. The fraction of sp³-hybridized carbons (Fsp3) is 0.333. The van der Waals surface area contributed by atoms with Crippen LogP contribution in [0.4, 0.5) is 5.69 Å². The molecule has 1 aliphatic heterocycles. The van der Waals surface area contributed by atoms with Crippen molar-refractivity contribution in [1.82, 2.24) is 5.32 Å². The summed E-state index contributed by atoms with van der Waals surface area (Å²) in [6.45, 7) is -0.115. The van der Waals surface area contributed by atoms with Crippen LogP contribution in [0.2, 0.25) is 0 Å². The SMILES string of the molecule is CNC1C(=O)N(CC(N)=O)c2ccc(OC)cc21. The highest BCUT2D eigenvalue weighted by molar-refractivity contribution is 6.07. The minimum Gasteiger partial charge on any atom is -0.497 e. The zero-order valence-corrected chi connectivity index (χ0v) is 10.3. The Morgan fingerprint density at radius 1 is 1.56 bits per heavy atom. The first kappa shape index (κ1) is 12.4. The standard InChI is InChI=1S/C12H15N3O3/c1-14-11-8-5-7(18-2)3-4-9(8)15(12(11)17)6-10(13)16/h3-5,11,14H,6H2,1-2H3,(H2,13,16). The van der Waals surface area contributed by atoms with Gasteiger partial charge in [-0.25, -0.2) is 0 Å². The maximum absolute atomic E-state index is 12.1. The zero-order chi connectivity index (χ0) is 13.3. The number of primary amides is 1. The average Bonchev–Trinajstić information content (AvgIpc) is 2.61. The summed E-state index contributed by atoms with van der Waals surface area (Å²) in [6, 6.07) is 4.83. The van der Waals surface area contributed by atoms with Crippen molar-refractivity contribution >= 4 is 17.5 Å². The molecule has 96 valence electrons. The number of hydrogen-bond donors (Lipinski definition) is 2. The molecule has 0 spiro atoms. The lowest BCUT2D eigenvalue weighted by atomic mass is 10.1. The van der Waals surface area contributed by atoms with E-state index in [2.05, 4.69) is 5.32 Å². The van der Waals surface area contributed by atoms with Crippen molar-refractivity contribution in [2.24, 2.45) is 5.73 Å². The molecule has 2 amide bonds. The Hall–Kier alpha value is -2.08. The quantitative estimate of drug-likeness (QED) is 0.773.